The summed E-state index contributed by atoms with van der Waals surface area (Å²) < 4.78 is 17.2. The monoisotopic (exact) mass is 356 g/mol. The van der Waals surface area contributed by atoms with Crippen LogP contribution in [-0.2, 0) is 17.6 Å². The normalized spacial score (nSPS) is 14.5. The van der Waals surface area contributed by atoms with Crippen LogP contribution >= 0.6 is 0 Å². The molecule has 1 aromatic heterocycles. The topological polar surface area (TPSA) is 53.5 Å². The SMILES string of the molecule is CCc1ccnc(Cc2ccc(OC)c(OCCOC3CCCC3)c2)n1. The van der Waals surface area contributed by atoms with Gasteiger partial charge in [0, 0.05) is 18.3 Å². The summed E-state index contributed by atoms with van der Waals surface area (Å²) >= 11 is 0. The molecule has 5 nitrogen and oxygen atoms in total. The lowest BCUT2D eigenvalue weighted by molar-refractivity contribution is 0.0377. The van der Waals surface area contributed by atoms with E-state index in [-0.39, 0.29) is 0 Å². The molecule has 1 aromatic carbocycles. The number of hydrogen-bond donors (Lipinski definition) is 0. The fourth-order valence-corrected chi connectivity index (χ4v) is 3.27. The maximum absolute atomic E-state index is 5.92. The maximum Gasteiger partial charge on any atom is 0.161 e. The molecule has 0 spiro atoms. The first-order chi connectivity index (χ1) is 12.8. The molecule has 0 amide bonds. The molecular formula is C21H28N2O3. The van der Waals surface area contributed by atoms with Crippen molar-refractivity contribution in [3.05, 3.63) is 47.5 Å². The Balaban J connectivity index is 1.59. The lowest BCUT2D eigenvalue weighted by Gasteiger charge is -2.14. The summed E-state index contributed by atoms with van der Waals surface area (Å²) in [6.45, 7) is 3.23. The Labute approximate surface area is 155 Å². The molecular weight excluding hydrogens is 328 g/mol. The van der Waals surface area contributed by atoms with Crippen LogP contribution in [-0.4, -0.2) is 36.4 Å². The maximum atomic E-state index is 5.92. The van der Waals surface area contributed by atoms with Crippen LogP contribution in [0, 0.1) is 0 Å². The Hall–Kier alpha value is -2.14. The molecule has 0 atom stereocenters. The van der Waals surface area contributed by atoms with Gasteiger partial charge in [0.2, 0.25) is 0 Å². The van der Waals surface area contributed by atoms with Crippen molar-refractivity contribution in [2.75, 3.05) is 20.3 Å². The minimum atomic E-state index is 0.412. The van der Waals surface area contributed by atoms with Gasteiger partial charge < -0.3 is 14.2 Å². The van der Waals surface area contributed by atoms with Crippen molar-refractivity contribution in [3.8, 4) is 11.5 Å². The molecule has 140 valence electrons. The largest absolute Gasteiger partial charge is 0.493 e. The standard InChI is InChI=1S/C21H28N2O3/c1-3-17-10-11-22-21(23-17)15-16-8-9-19(24-2)20(14-16)26-13-12-25-18-6-4-5-7-18/h8-11,14,18H,3-7,12-13,15H2,1-2H3. The molecule has 1 aliphatic rings. The predicted molar refractivity (Wildman–Crippen MR) is 101 cm³/mol. The number of benzene rings is 1. The van der Waals surface area contributed by atoms with E-state index in [0.717, 1.165) is 35.0 Å². The molecule has 5 heteroatoms. The number of hydrogen-bond acceptors (Lipinski definition) is 5. The van der Waals surface area contributed by atoms with Crippen molar-refractivity contribution in [1.82, 2.24) is 9.97 Å². The number of methoxy groups -OCH3 is 1. The Morgan fingerprint density at radius 2 is 1.92 bits per heavy atom. The predicted octanol–water partition coefficient (Wildman–Crippen LogP) is 3.98. The number of aromatic nitrogens is 2. The fraction of sp³-hybridized carbons (Fsp3) is 0.524. The number of aryl methyl sites for hydroxylation is 1. The van der Waals surface area contributed by atoms with Gasteiger partial charge in [-0.25, -0.2) is 9.97 Å². The van der Waals surface area contributed by atoms with Crippen LogP contribution in [0.3, 0.4) is 0 Å². The number of nitrogens with zero attached hydrogens (tertiary/aromatic N) is 2. The van der Waals surface area contributed by atoms with Crippen LogP contribution in [0.25, 0.3) is 0 Å². The van der Waals surface area contributed by atoms with Crippen molar-refractivity contribution >= 4 is 0 Å². The van der Waals surface area contributed by atoms with Crippen molar-refractivity contribution in [3.63, 3.8) is 0 Å². The van der Waals surface area contributed by atoms with Crippen molar-refractivity contribution < 1.29 is 14.2 Å². The highest BCUT2D eigenvalue weighted by Crippen LogP contribution is 2.29. The molecule has 1 saturated carbocycles. The van der Waals surface area contributed by atoms with Gasteiger partial charge in [-0.1, -0.05) is 25.8 Å². The molecule has 0 N–H and O–H groups in total. The van der Waals surface area contributed by atoms with Gasteiger partial charge in [0.1, 0.15) is 12.4 Å². The molecule has 1 heterocycles. The third-order valence-corrected chi connectivity index (χ3v) is 4.71. The second-order valence-electron chi connectivity index (χ2n) is 6.61. The van der Waals surface area contributed by atoms with E-state index in [2.05, 4.69) is 16.9 Å². The Morgan fingerprint density at radius 3 is 2.69 bits per heavy atom. The summed E-state index contributed by atoms with van der Waals surface area (Å²) in [4.78, 5) is 8.95. The van der Waals surface area contributed by atoms with Crippen LogP contribution in [0.4, 0.5) is 0 Å². The van der Waals surface area contributed by atoms with E-state index >= 15 is 0 Å². The zero-order valence-corrected chi connectivity index (χ0v) is 15.7. The molecule has 1 aliphatic carbocycles. The third-order valence-electron chi connectivity index (χ3n) is 4.71. The summed E-state index contributed by atoms with van der Waals surface area (Å²) in [7, 11) is 1.66. The first kappa shape index (κ1) is 18.6. The highest BCUT2D eigenvalue weighted by molar-refractivity contribution is 5.43. The molecule has 26 heavy (non-hydrogen) atoms. The van der Waals surface area contributed by atoms with E-state index in [1.165, 1.54) is 25.7 Å². The summed E-state index contributed by atoms with van der Waals surface area (Å²) in [6.07, 6.45) is 8.73. The zero-order chi connectivity index (χ0) is 18.2. The van der Waals surface area contributed by atoms with E-state index < -0.39 is 0 Å². The highest BCUT2D eigenvalue weighted by Gasteiger charge is 2.15. The van der Waals surface area contributed by atoms with Crippen LogP contribution in [0.2, 0.25) is 0 Å². The van der Waals surface area contributed by atoms with Crippen LogP contribution < -0.4 is 9.47 Å². The van der Waals surface area contributed by atoms with Gasteiger partial charge in [0.25, 0.3) is 0 Å². The number of rotatable bonds is 9. The van der Waals surface area contributed by atoms with Gasteiger partial charge in [0.05, 0.1) is 19.8 Å². The van der Waals surface area contributed by atoms with Crippen molar-refractivity contribution in [2.45, 2.75) is 51.6 Å². The lowest BCUT2D eigenvalue weighted by atomic mass is 10.1. The second-order valence-corrected chi connectivity index (χ2v) is 6.61. The average molecular weight is 356 g/mol. The molecule has 3 rings (SSSR count). The third kappa shape index (κ3) is 5.18. The molecule has 0 radical (unpaired) electrons. The van der Waals surface area contributed by atoms with E-state index in [1.807, 2.05) is 30.5 Å². The minimum Gasteiger partial charge on any atom is -0.493 e. The van der Waals surface area contributed by atoms with Gasteiger partial charge in [-0.15, -0.1) is 0 Å². The molecule has 0 unspecified atom stereocenters. The summed E-state index contributed by atoms with van der Waals surface area (Å²) in [5, 5.41) is 0. The first-order valence-corrected chi connectivity index (χ1v) is 9.50. The van der Waals surface area contributed by atoms with Crippen LogP contribution in [0.15, 0.2) is 30.5 Å². The molecule has 1 fully saturated rings. The Bertz CT molecular complexity index is 699. The van der Waals surface area contributed by atoms with Gasteiger partial charge >= 0.3 is 0 Å². The Morgan fingerprint density at radius 1 is 1.08 bits per heavy atom. The molecule has 2 aromatic rings. The van der Waals surface area contributed by atoms with Gasteiger partial charge in [-0.3, -0.25) is 0 Å². The smallest absolute Gasteiger partial charge is 0.161 e. The van der Waals surface area contributed by atoms with Crippen LogP contribution in [0.1, 0.15) is 49.7 Å². The lowest BCUT2D eigenvalue weighted by Crippen LogP contribution is -2.14. The fourth-order valence-electron chi connectivity index (χ4n) is 3.27. The van der Waals surface area contributed by atoms with E-state index in [1.54, 1.807) is 7.11 Å². The average Bonchev–Trinajstić information content (AvgIpc) is 3.19. The molecule has 0 bridgehead atoms. The van der Waals surface area contributed by atoms with Crippen LogP contribution in [0.5, 0.6) is 11.5 Å². The Kier molecular flexibility index (Phi) is 6.83. The zero-order valence-electron chi connectivity index (χ0n) is 15.7. The number of ether oxygens (including phenoxy) is 3. The highest BCUT2D eigenvalue weighted by atomic mass is 16.5. The van der Waals surface area contributed by atoms with Crippen molar-refractivity contribution in [2.24, 2.45) is 0 Å². The minimum absolute atomic E-state index is 0.412. The van der Waals surface area contributed by atoms with Crippen molar-refractivity contribution in [1.29, 1.82) is 0 Å². The summed E-state index contributed by atoms with van der Waals surface area (Å²) in [5.74, 6) is 2.30. The summed E-state index contributed by atoms with van der Waals surface area (Å²) in [6, 6.07) is 7.93. The summed E-state index contributed by atoms with van der Waals surface area (Å²) in [5.41, 5.74) is 2.16. The van der Waals surface area contributed by atoms with E-state index in [4.69, 9.17) is 14.2 Å². The van der Waals surface area contributed by atoms with E-state index in [9.17, 15) is 0 Å². The molecule has 0 aliphatic heterocycles. The van der Waals surface area contributed by atoms with Gasteiger partial charge in [0.15, 0.2) is 11.5 Å². The molecule has 0 saturated heterocycles. The van der Waals surface area contributed by atoms with E-state index in [0.29, 0.717) is 25.7 Å². The second kappa shape index (κ2) is 9.53. The first-order valence-electron chi connectivity index (χ1n) is 9.50. The van der Waals surface area contributed by atoms with Gasteiger partial charge in [-0.05, 0) is 43.0 Å². The quantitative estimate of drug-likeness (QED) is 0.636. The van der Waals surface area contributed by atoms with Gasteiger partial charge in [-0.2, -0.15) is 0 Å².